The number of carbonyl (C=O) groups is 1. The normalized spacial score (nSPS) is 18.2. The van der Waals surface area contributed by atoms with E-state index in [9.17, 15) is 4.79 Å². The molecule has 0 aromatic heterocycles. The predicted octanol–water partition coefficient (Wildman–Crippen LogP) is 2.74. The van der Waals surface area contributed by atoms with Crippen LogP contribution in [0.15, 0.2) is 29.3 Å². The number of aliphatic imine (C=N–C) groups is 1. The average molecular weight is 400 g/mol. The van der Waals surface area contributed by atoms with Crippen molar-refractivity contribution >= 4 is 11.9 Å². The van der Waals surface area contributed by atoms with Crippen molar-refractivity contribution in [2.45, 2.75) is 71.6 Å². The maximum Gasteiger partial charge on any atom is 0.223 e. The number of amides is 1. The summed E-state index contributed by atoms with van der Waals surface area (Å²) in [6, 6.07) is 9.43. The van der Waals surface area contributed by atoms with Crippen molar-refractivity contribution in [3.63, 3.8) is 0 Å². The van der Waals surface area contributed by atoms with Gasteiger partial charge in [0.25, 0.3) is 0 Å². The van der Waals surface area contributed by atoms with Crippen LogP contribution in [0.5, 0.6) is 0 Å². The van der Waals surface area contributed by atoms with Crippen molar-refractivity contribution in [1.29, 1.82) is 0 Å². The molecule has 2 aliphatic heterocycles. The summed E-state index contributed by atoms with van der Waals surface area (Å²) in [7, 11) is 0. The Morgan fingerprint density at radius 2 is 1.83 bits per heavy atom. The molecule has 1 aromatic carbocycles. The van der Waals surface area contributed by atoms with Gasteiger partial charge >= 0.3 is 0 Å². The Balaban J connectivity index is 1.40. The number of nitrogens with zero attached hydrogens (tertiary/aromatic N) is 3. The summed E-state index contributed by atoms with van der Waals surface area (Å²) in [4.78, 5) is 21.7. The highest BCUT2D eigenvalue weighted by atomic mass is 16.2. The van der Waals surface area contributed by atoms with Gasteiger partial charge in [0.05, 0.1) is 0 Å². The van der Waals surface area contributed by atoms with Crippen LogP contribution in [0.1, 0.15) is 57.6 Å². The van der Waals surface area contributed by atoms with Crippen LogP contribution in [0, 0.1) is 0 Å². The van der Waals surface area contributed by atoms with Crippen LogP contribution >= 0.6 is 0 Å². The van der Waals surface area contributed by atoms with Gasteiger partial charge in [-0.05, 0) is 51.2 Å². The van der Waals surface area contributed by atoms with E-state index in [-0.39, 0.29) is 5.91 Å². The smallest absolute Gasteiger partial charge is 0.223 e. The number of piperidine rings is 1. The first-order chi connectivity index (χ1) is 14.1. The zero-order chi connectivity index (χ0) is 20.6. The Labute approximate surface area is 175 Å². The average Bonchev–Trinajstić information content (AvgIpc) is 3.16. The Kier molecular flexibility index (Phi) is 7.92. The van der Waals surface area contributed by atoms with Gasteiger partial charge in [-0.3, -0.25) is 9.79 Å². The van der Waals surface area contributed by atoms with Gasteiger partial charge < -0.3 is 20.4 Å². The van der Waals surface area contributed by atoms with Gasteiger partial charge in [-0.1, -0.05) is 24.3 Å². The third-order valence-electron chi connectivity index (χ3n) is 5.96. The van der Waals surface area contributed by atoms with E-state index < -0.39 is 0 Å². The monoisotopic (exact) mass is 399 g/mol. The molecule has 29 heavy (non-hydrogen) atoms. The van der Waals surface area contributed by atoms with Crippen molar-refractivity contribution in [2.24, 2.45) is 4.99 Å². The van der Waals surface area contributed by atoms with E-state index in [0.29, 0.717) is 25.0 Å². The Morgan fingerprint density at radius 1 is 1.17 bits per heavy atom. The fourth-order valence-electron chi connectivity index (χ4n) is 4.16. The van der Waals surface area contributed by atoms with Crippen LogP contribution in [-0.2, 0) is 17.9 Å². The number of rotatable bonds is 7. The molecule has 0 spiro atoms. The highest BCUT2D eigenvalue weighted by Gasteiger charge is 2.23. The Bertz CT molecular complexity index is 669. The number of nitrogens with one attached hydrogen (secondary N) is 2. The molecule has 6 nitrogen and oxygen atoms in total. The number of carbonyl (C=O) groups excluding carboxylic acids is 1. The number of hydrogen-bond acceptors (Lipinski definition) is 3. The lowest BCUT2D eigenvalue weighted by Gasteiger charge is -2.35. The molecule has 0 radical (unpaired) electrons. The van der Waals surface area contributed by atoms with E-state index in [4.69, 9.17) is 4.99 Å². The molecule has 160 valence electrons. The zero-order valence-corrected chi connectivity index (χ0v) is 18.3. The molecule has 2 aliphatic rings. The molecule has 1 aromatic rings. The lowest BCUT2D eigenvalue weighted by atomic mass is 10.0. The molecule has 0 atom stereocenters. The summed E-state index contributed by atoms with van der Waals surface area (Å²) in [6.07, 6.45) is 3.64. The van der Waals surface area contributed by atoms with Gasteiger partial charge in [0.1, 0.15) is 0 Å². The number of benzene rings is 1. The molecule has 0 aliphatic carbocycles. The van der Waals surface area contributed by atoms with Crippen molar-refractivity contribution in [1.82, 2.24) is 20.4 Å². The third-order valence-corrected chi connectivity index (χ3v) is 5.96. The third kappa shape index (κ3) is 6.20. The molecule has 6 heteroatoms. The molecule has 1 amide bonds. The van der Waals surface area contributed by atoms with Crippen LogP contribution in [0.3, 0.4) is 0 Å². The maximum absolute atomic E-state index is 12.5. The highest BCUT2D eigenvalue weighted by molar-refractivity contribution is 5.80. The van der Waals surface area contributed by atoms with Crippen molar-refractivity contribution in [3.05, 3.63) is 35.4 Å². The molecule has 2 N–H and O–H groups in total. The summed E-state index contributed by atoms with van der Waals surface area (Å²) in [5.74, 6) is 1.12. The second-order valence-electron chi connectivity index (χ2n) is 8.43. The summed E-state index contributed by atoms with van der Waals surface area (Å²) < 4.78 is 0. The van der Waals surface area contributed by atoms with E-state index in [0.717, 1.165) is 57.9 Å². The molecule has 0 saturated carbocycles. The van der Waals surface area contributed by atoms with E-state index in [1.165, 1.54) is 11.1 Å². The van der Waals surface area contributed by atoms with Crippen LogP contribution in [0.25, 0.3) is 0 Å². The molecular weight excluding hydrogens is 362 g/mol. The van der Waals surface area contributed by atoms with Crippen LogP contribution in [0.2, 0.25) is 0 Å². The van der Waals surface area contributed by atoms with Crippen LogP contribution in [-0.4, -0.2) is 59.9 Å². The largest absolute Gasteiger partial charge is 0.357 e. The van der Waals surface area contributed by atoms with E-state index in [1.54, 1.807) is 0 Å². The zero-order valence-electron chi connectivity index (χ0n) is 18.3. The van der Waals surface area contributed by atoms with Gasteiger partial charge in [0, 0.05) is 57.8 Å². The van der Waals surface area contributed by atoms with Gasteiger partial charge in [0.2, 0.25) is 5.91 Å². The first kappa shape index (κ1) is 21.6. The lowest BCUT2D eigenvalue weighted by molar-refractivity contribution is -0.131. The molecular formula is C23H37N5O. The number of fused-ring (bicyclic) bond motifs is 1. The number of guanidine groups is 1. The van der Waals surface area contributed by atoms with Crippen molar-refractivity contribution < 1.29 is 4.79 Å². The highest BCUT2D eigenvalue weighted by Crippen LogP contribution is 2.22. The minimum Gasteiger partial charge on any atom is -0.357 e. The minimum absolute atomic E-state index is 0.232. The standard InChI is InChI=1S/C23H37N5O/c1-4-24-23(26-21-11-14-27(15-12-21)18(2)3)25-13-7-10-22(29)28-16-19-8-5-6-9-20(19)17-28/h5-6,8-9,18,21H,4,7,10-17H2,1-3H3,(H2,24,25,26). The summed E-state index contributed by atoms with van der Waals surface area (Å²) in [6.45, 7) is 11.9. The predicted molar refractivity (Wildman–Crippen MR) is 119 cm³/mol. The SMILES string of the molecule is CCNC(=NCCCC(=O)N1Cc2ccccc2C1)NC1CCN(C(C)C)CC1. The summed E-state index contributed by atoms with van der Waals surface area (Å²) >= 11 is 0. The Hall–Kier alpha value is -2.08. The first-order valence-electron chi connectivity index (χ1n) is 11.2. The topological polar surface area (TPSA) is 60.0 Å². The van der Waals surface area contributed by atoms with Gasteiger partial charge in [0.15, 0.2) is 5.96 Å². The second-order valence-corrected chi connectivity index (χ2v) is 8.43. The summed E-state index contributed by atoms with van der Waals surface area (Å²) in [5, 5.41) is 6.94. The van der Waals surface area contributed by atoms with Gasteiger partial charge in [-0.2, -0.15) is 0 Å². The van der Waals surface area contributed by atoms with E-state index >= 15 is 0 Å². The molecule has 0 bridgehead atoms. The molecule has 1 fully saturated rings. The Morgan fingerprint density at radius 3 is 2.41 bits per heavy atom. The quantitative estimate of drug-likeness (QED) is 0.420. The minimum atomic E-state index is 0.232. The van der Waals surface area contributed by atoms with E-state index in [1.807, 2.05) is 17.0 Å². The molecule has 1 saturated heterocycles. The first-order valence-corrected chi connectivity index (χ1v) is 11.2. The number of hydrogen-bond donors (Lipinski definition) is 2. The van der Waals surface area contributed by atoms with E-state index in [2.05, 4.69) is 48.4 Å². The molecule has 2 heterocycles. The second kappa shape index (κ2) is 10.6. The maximum atomic E-state index is 12.5. The fourth-order valence-corrected chi connectivity index (χ4v) is 4.16. The molecule has 3 rings (SSSR count). The van der Waals surface area contributed by atoms with Crippen LogP contribution < -0.4 is 10.6 Å². The molecule has 0 unspecified atom stereocenters. The summed E-state index contributed by atoms with van der Waals surface area (Å²) in [5.41, 5.74) is 2.56. The van der Waals surface area contributed by atoms with Crippen molar-refractivity contribution in [2.75, 3.05) is 26.2 Å². The fraction of sp³-hybridized carbons (Fsp3) is 0.652. The van der Waals surface area contributed by atoms with Crippen LogP contribution in [0.4, 0.5) is 0 Å². The number of likely N-dealkylation sites (tertiary alicyclic amines) is 1. The van der Waals surface area contributed by atoms with Gasteiger partial charge in [-0.15, -0.1) is 0 Å². The van der Waals surface area contributed by atoms with Gasteiger partial charge in [-0.25, -0.2) is 0 Å². The lowest BCUT2D eigenvalue weighted by Crippen LogP contribution is -2.49. The van der Waals surface area contributed by atoms with Crippen molar-refractivity contribution in [3.8, 4) is 0 Å².